The molecule has 0 unspecified atom stereocenters. The van der Waals surface area contributed by atoms with Gasteiger partial charge in [-0.05, 0) is 12.8 Å². The molecule has 0 bridgehead atoms. The molecule has 0 atom stereocenters. The zero-order valence-electron chi connectivity index (χ0n) is 10.6. The summed E-state index contributed by atoms with van der Waals surface area (Å²) in [4.78, 5) is 12.9. The number of amides is 2. The monoisotopic (exact) mass is 254 g/mol. The molecular formula is C11H21F3N2O. The molecule has 0 rings (SSSR count). The van der Waals surface area contributed by atoms with Crippen LogP contribution < -0.4 is 5.32 Å². The fourth-order valence-electron chi connectivity index (χ4n) is 1.50. The van der Waals surface area contributed by atoms with E-state index in [0.717, 1.165) is 12.8 Å². The van der Waals surface area contributed by atoms with Gasteiger partial charge in [0.25, 0.3) is 0 Å². The van der Waals surface area contributed by atoms with Crippen LogP contribution in [0.2, 0.25) is 0 Å². The third-order valence-corrected chi connectivity index (χ3v) is 2.74. The van der Waals surface area contributed by atoms with Crippen molar-refractivity contribution in [3.8, 4) is 0 Å². The maximum Gasteiger partial charge on any atom is 0.405 e. The zero-order valence-corrected chi connectivity index (χ0v) is 10.6. The number of carbonyl (C=O) groups excluding carboxylic acids is 1. The van der Waals surface area contributed by atoms with Crippen LogP contribution in [-0.2, 0) is 0 Å². The van der Waals surface area contributed by atoms with Crippen molar-refractivity contribution in [2.45, 2.75) is 39.8 Å². The molecule has 0 radical (unpaired) electrons. The summed E-state index contributed by atoms with van der Waals surface area (Å²) in [6.45, 7) is 5.43. The molecule has 0 heterocycles. The lowest BCUT2D eigenvalue weighted by Crippen LogP contribution is -2.45. The molecule has 0 aliphatic rings. The van der Waals surface area contributed by atoms with Crippen LogP contribution in [0.3, 0.4) is 0 Å². The van der Waals surface area contributed by atoms with Crippen LogP contribution >= 0.6 is 0 Å². The summed E-state index contributed by atoms with van der Waals surface area (Å²) in [6.07, 6.45) is -2.52. The molecule has 0 aromatic rings. The minimum Gasteiger partial charge on any atom is -0.329 e. The van der Waals surface area contributed by atoms with Crippen molar-refractivity contribution in [1.29, 1.82) is 0 Å². The first-order valence-electron chi connectivity index (χ1n) is 5.93. The summed E-state index contributed by atoms with van der Waals surface area (Å²) < 4.78 is 35.8. The van der Waals surface area contributed by atoms with Crippen molar-refractivity contribution in [2.75, 3.05) is 19.6 Å². The van der Waals surface area contributed by atoms with Gasteiger partial charge in [0.1, 0.15) is 6.54 Å². The molecule has 1 N–H and O–H groups in total. The lowest BCUT2D eigenvalue weighted by molar-refractivity contribution is -0.123. The highest BCUT2D eigenvalue weighted by Gasteiger charge is 2.28. The van der Waals surface area contributed by atoms with Gasteiger partial charge in [-0.25, -0.2) is 4.79 Å². The van der Waals surface area contributed by atoms with Gasteiger partial charge in [-0.3, -0.25) is 0 Å². The Bertz CT molecular complexity index is 227. The van der Waals surface area contributed by atoms with Gasteiger partial charge in [0, 0.05) is 13.1 Å². The van der Waals surface area contributed by atoms with E-state index in [9.17, 15) is 18.0 Å². The second-order valence-corrected chi connectivity index (χ2v) is 4.00. The van der Waals surface area contributed by atoms with E-state index in [1.807, 2.05) is 19.2 Å². The Kier molecular flexibility index (Phi) is 6.99. The fraction of sp³-hybridized carbons (Fsp3) is 0.909. The van der Waals surface area contributed by atoms with Gasteiger partial charge < -0.3 is 10.2 Å². The van der Waals surface area contributed by atoms with E-state index in [4.69, 9.17) is 0 Å². The highest BCUT2D eigenvalue weighted by atomic mass is 19.4. The molecule has 0 saturated carbocycles. The minimum absolute atomic E-state index is 0.339. The van der Waals surface area contributed by atoms with Crippen LogP contribution in [0.15, 0.2) is 0 Å². The molecule has 0 aliphatic heterocycles. The number of rotatable bonds is 6. The van der Waals surface area contributed by atoms with Crippen LogP contribution in [0.25, 0.3) is 0 Å². The van der Waals surface area contributed by atoms with Gasteiger partial charge in [-0.1, -0.05) is 26.7 Å². The molecule has 2 amide bonds. The highest BCUT2D eigenvalue weighted by molar-refractivity contribution is 5.74. The third kappa shape index (κ3) is 7.07. The zero-order chi connectivity index (χ0) is 13.5. The van der Waals surface area contributed by atoms with E-state index >= 15 is 0 Å². The fourth-order valence-corrected chi connectivity index (χ4v) is 1.50. The van der Waals surface area contributed by atoms with E-state index < -0.39 is 18.8 Å². The van der Waals surface area contributed by atoms with Crippen molar-refractivity contribution in [1.82, 2.24) is 10.2 Å². The SMILES string of the molecule is CCC(CC)CN(CC)C(=O)NCC(F)(F)F. The summed E-state index contributed by atoms with van der Waals surface area (Å²) in [5.41, 5.74) is 0. The quantitative estimate of drug-likeness (QED) is 0.776. The summed E-state index contributed by atoms with van der Waals surface area (Å²) in [5, 5.41) is 1.89. The maximum atomic E-state index is 11.9. The number of halogens is 3. The van der Waals surface area contributed by atoms with Gasteiger partial charge in [-0.2, -0.15) is 13.2 Å². The Morgan fingerprint density at radius 3 is 2.12 bits per heavy atom. The Morgan fingerprint density at radius 2 is 1.76 bits per heavy atom. The summed E-state index contributed by atoms with van der Waals surface area (Å²) in [6, 6.07) is -0.642. The predicted molar refractivity (Wildman–Crippen MR) is 60.8 cm³/mol. The van der Waals surface area contributed by atoms with Crippen LogP contribution in [-0.4, -0.2) is 36.7 Å². The van der Waals surface area contributed by atoms with Crippen LogP contribution in [0.5, 0.6) is 0 Å². The number of carbonyl (C=O) groups is 1. The Hall–Kier alpha value is -0.940. The average molecular weight is 254 g/mol. The van der Waals surface area contributed by atoms with Crippen LogP contribution in [0.4, 0.5) is 18.0 Å². The Balaban J connectivity index is 4.21. The van der Waals surface area contributed by atoms with Crippen LogP contribution in [0, 0.1) is 5.92 Å². The second-order valence-electron chi connectivity index (χ2n) is 4.00. The normalized spacial score (nSPS) is 11.7. The van der Waals surface area contributed by atoms with E-state index in [-0.39, 0.29) is 0 Å². The molecule has 102 valence electrons. The van der Waals surface area contributed by atoms with Gasteiger partial charge >= 0.3 is 12.2 Å². The molecule has 3 nitrogen and oxygen atoms in total. The molecule has 0 spiro atoms. The molecule has 0 aromatic carbocycles. The van der Waals surface area contributed by atoms with Crippen LogP contribution in [0.1, 0.15) is 33.6 Å². The summed E-state index contributed by atoms with van der Waals surface area (Å²) >= 11 is 0. The average Bonchev–Trinajstić information content (AvgIpc) is 2.27. The van der Waals surface area contributed by atoms with Crippen molar-refractivity contribution in [3.05, 3.63) is 0 Å². The first-order valence-corrected chi connectivity index (χ1v) is 5.93. The standard InChI is InChI=1S/C11H21F3N2O/c1-4-9(5-2)7-16(6-3)10(17)15-8-11(12,13)14/h9H,4-8H2,1-3H3,(H,15,17). The minimum atomic E-state index is -4.36. The number of alkyl halides is 3. The molecule has 0 aliphatic carbocycles. The maximum absolute atomic E-state index is 11.9. The molecular weight excluding hydrogens is 233 g/mol. The number of hydrogen-bond donors (Lipinski definition) is 1. The van der Waals surface area contributed by atoms with Crippen molar-refractivity contribution < 1.29 is 18.0 Å². The topological polar surface area (TPSA) is 32.3 Å². The largest absolute Gasteiger partial charge is 0.405 e. The van der Waals surface area contributed by atoms with Gasteiger partial charge in [-0.15, -0.1) is 0 Å². The lowest BCUT2D eigenvalue weighted by atomic mass is 10.0. The highest BCUT2D eigenvalue weighted by Crippen LogP contribution is 2.13. The smallest absolute Gasteiger partial charge is 0.329 e. The lowest BCUT2D eigenvalue weighted by Gasteiger charge is -2.25. The van der Waals surface area contributed by atoms with Gasteiger partial charge in [0.05, 0.1) is 0 Å². The predicted octanol–water partition coefficient (Wildman–Crippen LogP) is 3.02. The Labute approximate surface area is 100 Å². The van der Waals surface area contributed by atoms with Crippen molar-refractivity contribution in [2.24, 2.45) is 5.92 Å². The second kappa shape index (κ2) is 7.40. The summed E-state index contributed by atoms with van der Waals surface area (Å²) in [7, 11) is 0. The molecule has 0 saturated heterocycles. The van der Waals surface area contributed by atoms with Gasteiger partial charge in [0.2, 0.25) is 0 Å². The Morgan fingerprint density at radius 1 is 1.24 bits per heavy atom. The number of nitrogens with zero attached hydrogens (tertiary/aromatic N) is 1. The van der Waals surface area contributed by atoms with Crippen molar-refractivity contribution >= 4 is 6.03 Å². The third-order valence-electron chi connectivity index (χ3n) is 2.74. The summed E-state index contributed by atoms with van der Waals surface area (Å²) in [5.74, 6) is 0.339. The van der Waals surface area contributed by atoms with E-state index in [1.54, 1.807) is 6.92 Å². The van der Waals surface area contributed by atoms with Gasteiger partial charge in [0.15, 0.2) is 0 Å². The van der Waals surface area contributed by atoms with E-state index in [0.29, 0.717) is 19.0 Å². The van der Waals surface area contributed by atoms with E-state index in [2.05, 4.69) is 0 Å². The molecule has 6 heteroatoms. The number of nitrogens with one attached hydrogen (secondary N) is 1. The first-order chi connectivity index (χ1) is 7.84. The first kappa shape index (κ1) is 16.1. The number of urea groups is 1. The molecule has 17 heavy (non-hydrogen) atoms. The number of hydrogen-bond acceptors (Lipinski definition) is 1. The van der Waals surface area contributed by atoms with Crippen molar-refractivity contribution in [3.63, 3.8) is 0 Å². The molecule has 0 fully saturated rings. The molecule has 0 aromatic heterocycles. The van der Waals surface area contributed by atoms with E-state index in [1.165, 1.54) is 4.90 Å².